The normalized spacial score (nSPS) is 15.3. The van der Waals surface area contributed by atoms with Gasteiger partial charge in [0, 0.05) is 46.8 Å². The number of methoxy groups -OCH3 is 1. The second-order valence-electron chi connectivity index (χ2n) is 9.23. The second kappa shape index (κ2) is 10.1. The summed E-state index contributed by atoms with van der Waals surface area (Å²) in [6.45, 7) is 3.06. The lowest BCUT2D eigenvalue weighted by molar-refractivity contribution is -0.136. The molecule has 184 valence electrons. The number of carbonyl (C=O) groups excluding carboxylic acids is 2. The Bertz CT molecular complexity index is 1370. The molecule has 3 heterocycles. The van der Waals surface area contributed by atoms with Crippen molar-refractivity contribution in [3.8, 4) is 22.9 Å². The van der Waals surface area contributed by atoms with Gasteiger partial charge in [-0.2, -0.15) is 5.26 Å². The van der Waals surface area contributed by atoms with Crippen molar-refractivity contribution in [3.05, 3.63) is 57.9 Å². The van der Waals surface area contributed by atoms with Gasteiger partial charge < -0.3 is 9.64 Å². The zero-order valence-corrected chi connectivity index (χ0v) is 21.2. The van der Waals surface area contributed by atoms with Crippen LogP contribution in [0.5, 0.6) is 5.75 Å². The monoisotopic (exact) mass is 501 g/mol. The van der Waals surface area contributed by atoms with Gasteiger partial charge in [-0.15, -0.1) is 0 Å². The van der Waals surface area contributed by atoms with E-state index in [1.165, 1.54) is 17.5 Å². The van der Waals surface area contributed by atoms with Crippen molar-refractivity contribution in [1.82, 2.24) is 14.9 Å². The summed E-state index contributed by atoms with van der Waals surface area (Å²) in [4.78, 5) is 38.2. The maximum Gasteiger partial charge on any atom is 0.259 e. The maximum atomic E-state index is 13.4. The molecule has 36 heavy (non-hydrogen) atoms. The molecule has 1 fully saturated rings. The molecule has 0 saturated heterocycles. The Morgan fingerprint density at radius 1 is 1.22 bits per heavy atom. The van der Waals surface area contributed by atoms with Gasteiger partial charge in [0.1, 0.15) is 5.75 Å². The van der Waals surface area contributed by atoms with Gasteiger partial charge in [0.2, 0.25) is 5.91 Å². The zero-order valence-electron chi connectivity index (χ0n) is 20.3. The van der Waals surface area contributed by atoms with Crippen LogP contribution in [0.25, 0.3) is 11.1 Å². The van der Waals surface area contributed by atoms with Gasteiger partial charge in [0.15, 0.2) is 5.13 Å². The number of ether oxygens (including phenoxy) is 1. The lowest BCUT2D eigenvalue weighted by atomic mass is 9.97. The number of nitrogens with one attached hydrogen (secondary N) is 1. The van der Waals surface area contributed by atoms with E-state index in [2.05, 4.69) is 21.4 Å². The molecule has 1 aliphatic carbocycles. The fraction of sp³-hybridized carbons (Fsp3) is 0.370. The third-order valence-corrected chi connectivity index (χ3v) is 7.87. The number of benzene rings is 1. The Kier molecular flexibility index (Phi) is 6.70. The van der Waals surface area contributed by atoms with Gasteiger partial charge in [0.25, 0.3) is 5.91 Å². The van der Waals surface area contributed by atoms with Crippen LogP contribution in [0.15, 0.2) is 30.5 Å². The first-order valence-electron chi connectivity index (χ1n) is 12.1. The fourth-order valence-corrected chi connectivity index (χ4v) is 6.00. The number of hydrogen-bond acceptors (Lipinski definition) is 7. The van der Waals surface area contributed by atoms with Crippen LogP contribution in [-0.2, 0) is 17.8 Å². The van der Waals surface area contributed by atoms with E-state index in [4.69, 9.17) is 4.74 Å². The van der Waals surface area contributed by atoms with E-state index in [9.17, 15) is 14.9 Å². The van der Waals surface area contributed by atoms with Gasteiger partial charge >= 0.3 is 0 Å². The highest BCUT2D eigenvalue weighted by molar-refractivity contribution is 7.15. The van der Waals surface area contributed by atoms with E-state index in [0.29, 0.717) is 52.6 Å². The number of aryl methyl sites for hydroxylation is 1. The summed E-state index contributed by atoms with van der Waals surface area (Å²) in [6.07, 6.45) is 6.47. The highest BCUT2D eigenvalue weighted by Gasteiger charge is 2.31. The fourth-order valence-electron chi connectivity index (χ4n) is 4.98. The summed E-state index contributed by atoms with van der Waals surface area (Å²) < 4.78 is 5.51. The van der Waals surface area contributed by atoms with Crippen LogP contribution in [-0.4, -0.2) is 40.3 Å². The third-order valence-electron chi connectivity index (χ3n) is 6.87. The summed E-state index contributed by atoms with van der Waals surface area (Å²) >= 11 is 1.42. The molecule has 0 atom stereocenters. The number of hydrogen-bond donors (Lipinski definition) is 1. The van der Waals surface area contributed by atoms with Gasteiger partial charge in [-0.25, -0.2) is 4.98 Å². The lowest BCUT2D eigenvalue weighted by Crippen LogP contribution is -2.38. The van der Waals surface area contributed by atoms with Crippen molar-refractivity contribution in [2.24, 2.45) is 5.92 Å². The standard InChI is InChI=1S/C27H27N5O3S/c1-16-11-19(20-12-17(13-28)7-8-23(20)35-2)21(14-29-16)25(33)31-27-30-22-9-10-32(15-24(22)36-27)26(34)18-5-3-4-6-18/h7-8,11-12,14,18H,3-6,9-10,15H2,1-2H3,(H,30,31,33). The van der Waals surface area contributed by atoms with E-state index in [1.807, 2.05) is 17.9 Å². The van der Waals surface area contributed by atoms with Crippen LogP contribution in [0.3, 0.4) is 0 Å². The minimum atomic E-state index is -0.341. The number of carbonyl (C=O) groups is 2. The number of amides is 2. The second-order valence-corrected chi connectivity index (χ2v) is 10.3. The van der Waals surface area contributed by atoms with Crippen molar-refractivity contribution >= 4 is 28.3 Å². The number of fused-ring (bicyclic) bond motifs is 1. The molecule has 1 aliphatic heterocycles. The molecule has 2 amide bonds. The zero-order chi connectivity index (χ0) is 25.2. The van der Waals surface area contributed by atoms with Crippen LogP contribution in [0.2, 0.25) is 0 Å². The van der Waals surface area contributed by atoms with Crippen molar-refractivity contribution in [3.63, 3.8) is 0 Å². The molecule has 3 aromatic rings. The van der Waals surface area contributed by atoms with Crippen molar-refractivity contribution in [2.75, 3.05) is 19.0 Å². The molecular weight excluding hydrogens is 474 g/mol. The Labute approximate surface area is 213 Å². The largest absolute Gasteiger partial charge is 0.496 e. The molecule has 2 aromatic heterocycles. The third kappa shape index (κ3) is 4.69. The van der Waals surface area contributed by atoms with Crippen LogP contribution in [0.4, 0.5) is 5.13 Å². The van der Waals surface area contributed by atoms with E-state index in [1.54, 1.807) is 25.3 Å². The summed E-state index contributed by atoms with van der Waals surface area (Å²) in [5.41, 5.74) is 3.78. The van der Waals surface area contributed by atoms with E-state index in [0.717, 1.165) is 41.9 Å². The molecule has 8 nitrogen and oxygen atoms in total. The first-order chi connectivity index (χ1) is 17.5. The van der Waals surface area contributed by atoms with Gasteiger partial charge in [0.05, 0.1) is 36.5 Å². The molecule has 5 rings (SSSR count). The number of nitrogens with zero attached hydrogens (tertiary/aromatic N) is 4. The summed E-state index contributed by atoms with van der Waals surface area (Å²) in [7, 11) is 1.56. The van der Waals surface area contributed by atoms with Gasteiger partial charge in [-0.1, -0.05) is 24.2 Å². The quantitative estimate of drug-likeness (QED) is 0.542. The van der Waals surface area contributed by atoms with E-state index >= 15 is 0 Å². The predicted molar refractivity (Wildman–Crippen MR) is 137 cm³/mol. The minimum absolute atomic E-state index is 0.155. The highest BCUT2D eigenvalue weighted by atomic mass is 32.1. The van der Waals surface area contributed by atoms with Crippen LogP contribution < -0.4 is 10.1 Å². The first-order valence-corrected chi connectivity index (χ1v) is 12.9. The summed E-state index contributed by atoms with van der Waals surface area (Å²) in [5.74, 6) is 0.626. The molecule has 0 bridgehead atoms. The average Bonchev–Trinajstić information content (AvgIpc) is 3.57. The molecule has 0 unspecified atom stereocenters. The number of aromatic nitrogens is 2. The number of thiazole rings is 1. The molecule has 9 heteroatoms. The van der Waals surface area contributed by atoms with Crippen molar-refractivity contribution in [2.45, 2.75) is 45.6 Å². The van der Waals surface area contributed by atoms with Crippen LogP contribution >= 0.6 is 11.3 Å². The molecular formula is C27H27N5O3S. The Morgan fingerprint density at radius 2 is 2.03 bits per heavy atom. The topological polar surface area (TPSA) is 108 Å². The summed E-state index contributed by atoms with van der Waals surface area (Å²) in [5, 5.41) is 12.8. The Balaban J connectivity index is 1.39. The van der Waals surface area contributed by atoms with Gasteiger partial charge in [-0.05, 0) is 44.0 Å². The molecule has 1 saturated carbocycles. The predicted octanol–water partition coefficient (Wildman–Crippen LogP) is 4.72. The number of rotatable bonds is 5. The SMILES string of the molecule is COc1ccc(C#N)cc1-c1cc(C)ncc1C(=O)Nc1nc2c(s1)CN(C(=O)C1CCCC1)CC2. The molecule has 1 aromatic carbocycles. The first kappa shape index (κ1) is 23.9. The maximum absolute atomic E-state index is 13.4. The van der Waals surface area contributed by atoms with Gasteiger partial charge in [-0.3, -0.25) is 19.9 Å². The number of pyridine rings is 1. The number of anilines is 1. The van der Waals surface area contributed by atoms with Crippen molar-refractivity contribution in [1.29, 1.82) is 5.26 Å². The Hall–Kier alpha value is -3.77. The molecule has 1 N–H and O–H groups in total. The smallest absolute Gasteiger partial charge is 0.259 e. The minimum Gasteiger partial charge on any atom is -0.496 e. The lowest BCUT2D eigenvalue weighted by Gasteiger charge is -2.28. The Morgan fingerprint density at radius 3 is 2.78 bits per heavy atom. The molecule has 0 spiro atoms. The molecule has 0 radical (unpaired) electrons. The number of nitriles is 1. The summed E-state index contributed by atoms with van der Waals surface area (Å²) in [6, 6.07) is 9.06. The highest BCUT2D eigenvalue weighted by Crippen LogP contribution is 2.35. The van der Waals surface area contributed by atoms with E-state index < -0.39 is 0 Å². The van der Waals surface area contributed by atoms with E-state index in [-0.39, 0.29) is 17.7 Å². The molecule has 2 aliphatic rings. The average molecular weight is 502 g/mol. The van der Waals surface area contributed by atoms with Crippen LogP contribution in [0, 0.1) is 24.2 Å². The van der Waals surface area contributed by atoms with Crippen molar-refractivity contribution < 1.29 is 14.3 Å². The van der Waals surface area contributed by atoms with Crippen LogP contribution in [0.1, 0.15) is 57.9 Å².